The number of benzene rings is 1. The summed E-state index contributed by atoms with van der Waals surface area (Å²) in [4.78, 5) is 23.1. The standard InChI is InChI=1S/C25H40O5/c1-3-4-5-6-7-8-9-10-11-12-13-14-15-20-23(30-25(27)28)21-18-16-17-19-22(21)24(26)29-2/h16-19,23H,3-15,20H2,1-2H3,(H,27,28). The zero-order valence-corrected chi connectivity index (χ0v) is 18.9. The van der Waals surface area contributed by atoms with E-state index in [0.717, 1.165) is 19.3 Å². The van der Waals surface area contributed by atoms with Crippen LogP contribution in [0.1, 0.15) is 119 Å². The van der Waals surface area contributed by atoms with E-state index >= 15 is 0 Å². The predicted octanol–water partition coefficient (Wildman–Crippen LogP) is 7.69. The highest BCUT2D eigenvalue weighted by molar-refractivity contribution is 5.91. The van der Waals surface area contributed by atoms with Crippen LogP contribution in [-0.2, 0) is 9.47 Å². The van der Waals surface area contributed by atoms with E-state index in [0.29, 0.717) is 17.5 Å². The van der Waals surface area contributed by atoms with Gasteiger partial charge in [0.2, 0.25) is 0 Å². The molecule has 0 aromatic heterocycles. The number of carboxylic acid groups (broad SMARTS) is 1. The third kappa shape index (κ3) is 11.2. The molecule has 0 aliphatic heterocycles. The van der Waals surface area contributed by atoms with E-state index in [4.69, 9.17) is 14.6 Å². The van der Waals surface area contributed by atoms with E-state index in [1.165, 1.54) is 71.3 Å². The summed E-state index contributed by atoms with van der Waals surface area (Å²) in [7, 11) is 1.32. The van der Waals surface area contributed by atoms with Crippen LogP contribution in [0.4, 0.5) is 4.79 Å². The summed E-state index contributed by atoms with van der Waals surface area (Å²) in [6, 6.07) is 6.90. The zero-order chi connectivity index (χ0) is 22.0. The maximum Gasteiger partial charge on any atom is 0.506 e. The normalized spacial score (nSPS) is 11.8. The molecule has 1 rings (SSSR count). The van der Waals surface area contributed by atoms with Gasteiger partial charge in [0.05, 0.1) is 12.7 Å². The lowest BCUT2D eigenvalue weighted by molar-refractivity contribution is 0.0434. The second-order valence-corrected chi connectivity index (χ2v) is 7.98. The van der Waals surface area contributed by atoms with Gasteiger partial charge in [0.15, 0.2) is 0 Å². The fourth-order valence-corrected chi connectivity index (χ4v) is 3.82. The van der Waals surface area contributed by atoms with Crippen LogP contribution in [0.15, 0.2) is 24.3 Å². The maximum atomic E-state index is 12.0. The highest BCUT2D eigenvalue weighted by atomic mass is 16.7. The molecule has 1 unspecified atom stereocenters. The Morgan fingerprint density at radius 1 is 0.833 bits per heavy atom. The molecule has 5 heteroatoms. The van der Waals surface area contributed by atoms with Gasteiger partial charge in [-0.1, -0.05) is 102 Å². The van der Waals surface area contributed by atoms with Crippen LogP contribution in [-0.4, -0.2) is 24.3 Å². The van der Waals surface area contributed by atoms with E-state index in [-0.39, 0.29) is 0 Å². The van der Waals surface area contributed by atoms with Crippen molar-refractivity contribution in [3.05, 3.63) is 35.4 Å². The minimum atomic E-state index is -1.32. The highest BCUT2D eigenvalue weighted by Gasteiger charge is 2.22. The first kappa shape index (κ1) is 26.0. The van der Waals surface area contributed by atoms with E-state index in [1.54, 1.807) is 24.3 Å². The molecule has 0 fully saturated rings. The number of methoxy groups -OCH3 is 1. The van der Waals surface area contributed by atoms with Crippen molar-refractivity contribution in [1.82, 2.24) is 0 Å². The number of carbonyl (C=O) groups excluding carboxylic acids is 1. The Bertz CT molecular complexity index is 599. The molecule has 1 atom stereocenters. The van der Waals surface area contributed by atoms with E-state index in [9.17, 15) is 9.59 Å². The van der Waals surface area contributed by atoms with Crippen LogP contribution < -0.4 is 0 Å². The van der Waals surface area contributed by atoms with Crippen molar-refractivity contribution >= 4 is 12.1 Å². The first-order valence-corrected chi connectivity index (χ1v) is 11.7. The topological polar surface area (TPSA) is 72.8 Å². The van der Waals surface area contributed by atoms with Gasteiger partial charge in [0, 0.05) is 5.56 Å². The highest BCUT2D eigenvalue weighted by Crippen LogP contribution is 2.28. The van der Waals surface area contributed by atoms with Gasteiger partial charge >= 0.3 is 12.1 Å². The lowest BCUT2D eigenvalue weighted by atomic mass is 9.97. The van der Waals surface area contributed by atoms with Crippen LogP contribution in [0.3, 0.4) is 0 Å². The summed E-state index contributed by atoms with van der Waals surface area (Å²) in [5.74, 6) is -0.477. The van der Waals surface area contributed by atoms with E-state index in [2.05, 4.69) is 6.92 Å². The fraction of sp³-hybridized carbons (Fsp3) is 0.680. The quantitative estimate of drug-likeness (QED) is 0.206. The van der Waals surface area contributed by atoms with Crippen molar-refractivity contribution in [2.24, 2.45) is 0 Å². The lowest BCUT2D eigenvalue weighted by Gasteiger charge is -2.18. The van der Waals surface area contributed by atoms with Crippen LogP contribution >= 0.6 is 0 Å². The number of esters is 1. The van der Waals surface area contributed by atoms with Crippen LogP contribution in [0.2, 0.25) is 0 Å². The van der Waals surface area contributed by atoms with Gasteiger partial charge in [0.1, 0.15) is 6.10 Å². The molecule has 0 heterocycles. The maximum absolute atomic E-state index is 12.0. The summed E-state index contributed by atoms with van der Waals surface area (Å²) < 4.78 is 9.90. The molecule has 0 radical (unpaired) electrons. The molecule has 0 saturated heterocycles. The molecule has 1 aromatic carbocycles. The third-order valence-electron chi connectivity index (χ3n) is 5.53. The molecule has 0 bridgehead atoms. The Kier molecular flexibility index (Phi) is 14.5. The Morgan fingerprint density at radius 3 is 1.83 bits per heavy atom. The first-order valence-electron chi connectivity index (χ1n) is 11.7. The molecule has 170 valence electrons. The van der Waals surface area contributed by atoms with Crippen molar-refractivity contribution in [2.45, 2.75) is 103 Å². The molecule has 0 saturated carbocycles. The second kappa shape index (κ2) is 16.7. The summed E-state index contributed by atoms with van der Waals surface area (Å²) in [5, 5.41) is 9.10. The number of ether oxygens (including phenoxy) is 2. The molecular weight excluding hydrogens is 380 g/mol. The fourth-order valence-electron chi connectivity index (χ4n) is 3.82. The lowest BCUT2D eigenvalue weighted by Crippen LogP contribution is -2.14. The predicted molar refractivity (Wildman–Crippen MR) is 120 cm³/mol. The second-order valence-electron chi connectivity index (χ2n) is 7.98. The van der Waals surface area contributed by atoms with E-state index < -0.39 is 18.2 Å². The monoisotopic (exact) mass is 420 g/mol. The number of hydrogen-bond acceptors (Lipinski definition) is 4. The third-order valence-corrected chi connectivity index (χ3v) is 5.53. The molecule has 1 aromatic rings. The minimum Gasteiger partial charge on any atom is -0.465 e. The number of carbonyl (C=O) groups is 2. The molecule has 1 N–H and O–H groups in total. The molecule has 0 aliphatic rings. The molecule has 30 heavy (non-hydrogen) atoms. The van der Waals surface area contributed by atoms with Gasteiger partial charge in [-0.25, -0.2) is 9.59 Å². The van der Waals surface area contributed by atoms with Crippen molar-refractivity contribution in [3.63, 3.8) is 0 Å². The largest absolute Gasteiger partial charge is 0.506 e. The number of hydrogen-bond donors (Lipinski definition) is 1. The summed E-state index contributed by atoms with van der Waals surface area (Å²) in [6.45, 7) is 2.25. The van der Waals surface area contributed by atoms with Crippen LogP contribution in [0.25, 0.3) is 0 Å². The summed E-state index contributed by atoms with van der Waals surface area (Å²) >= 11 is 0. The van der Waals surface area contributed by atoms with Gasteiger partial charge in [-0.05, 0) is 18.9 Å². The average Bonchev–Trinajstić information content (AvgIpc) is 2.75. The Hall–Kier alpha value is -2.04. The minimum absolute atomic E-state index is 0.362. The Morgan fingerprint density at radius 2 is 1.33 bits per heavy atom. The summed E-state index contributed by atoms with van der Waals surface area (Å²) in [5.41, 5.74) is 0.937. The first-order chi connectivity index (χ1) is 14.6. The smallest absolute Gasteiger partial charge is 0.465 e. The zero-order valence-electron chi connectivity index (χ0n) is 18.9. The summed E-state index contributed by atoms with van der Waals surface area (Å²) in [6.07, 6.45) is 15.0. The Labute approximate surface area is 182 Å². The molecule has 0 amide bonds. The van der Waals surface area contributed by atoms with Gasteiger partial charge in [-0.15, -0.1) is 0 Å². The van der Waals surface area contributed by atoms with Crippen molar-refractivity contribution in [2.75, 3.05) is 7.11 Å². The molecule has 5 nitrogen and oxygen atoms in total. The van der Waals surface area contributed by atoms with Crippen LogP contribution in [0, 0.1) is 0 Å². The van der Waals surface area contributed by atoms with Gasteiger partial charge < -0.3 is 14.6 Å². The Balaban J connectivity index is 2.27. The molecule has 0 aliphatic carbocycles. The van der Waals surface area contributed by atoms with Crippen molar-refractivity contribution < 1.29 is 24.2 Å². The van der Waals surface area contributed by atoms with E-state index in [1.807, 2.05) is 0 Å². The molecule has 0 spiro atoms. The van der Waals surface area contributed by atoms with Crippen molar-refractivity contribution in [1.29, 1.82) is 0 Å². The number of unbranched alkanes of at least 4 members (excludes halogenated alkanes) is 12. The molecular formula is C25H40O5. The number of rotatable bonds is 17. The van der Waals surface area contributed by atoms with Crippen molar-refractivity contribution in [3.8, 4) is 0 Å². The SMILES string of the molecule is CCCCCCCCCCCCCCCC(OC(=O)O)c1ccccc1C(=O)OC. The van der Waals surface area contributed by atoms with Gasteiger partial charge in [0.25, 0.3) is 0 Å². The van der Waals surface area contributed by atoms with Crippen LogP contribution in [0.5, 0.6) is 0 Å². The average molecular weight is 421 g/mol. The van der Waals surface area contributed by atoms with Gasteiger partial charge in [-0.3, -0.25) is 0 Å². The van der Waals surface area contributed by atoms with Gasteiger partial charge in [-0.2, -0.15) is 0 Å².